The SMILES string of the molecule is O=C(CN1C(=O)CSc2ccccc21)OCC=CCl. The number of anilines is 1. The molecule has 2 rings (SSSR count). The number of halogens is 1. The van der Waals surface area contributed by atoms with Gasteiger partial charge in [-0.05, 0) is 18.2 Å². The molecule has 0 fully saturated rings. The molecule has 1 heterocycles. The molecule has 19 heavy (non-hydrogen) atoms. The average molecular weight is 298 g/mol. The van der Waals surface area contributed by atoms with E-state index in [4.69, 9.17) is 16.3 Å². The standard InChI is InChI=1S/C13H12ClNO3S/c14-6-3-7-18-13(17)8-15-10-4-1-2-5-11(10)19-9-12(15)16/h1-6H,7-9H2. The molecule has 0 N–H and O–H groups in total. The maximum Gasteiger partial charge on any atom is 0.326 e. The van der Waals surface area contributed by atoms with Crippen molar-refractivity contribution in [1.29, 1.82) is 0 Å². The number of para-hydroxylation sites is 1. The summed E-state index contributed by atoms with van der Waals surface area (Å²) in [6.07, 6.45) is 1.52. The number of thioether (sulfide) groups is 1. The monoisotopic (exact) mass is 297 g/mol. The van der Waals surface area contributed by atoms with Crippen LogP contribution < -0.4 is 4.90 Å². The summed E-state index contributed by atoms with van der Waals surface area (Å²) in [6.45, 7) is 0.0350. The molecule has 0 radical (unpaired) electrons. The lowest BCUT2D eigenvalue weighted by molar-refractivity contribution is -0.141. The maximum atomic E-state index is 11.9. The van der Waals surface area contributed by atoms with Crippen LogP contribution in [0.5, 0.6) is 0 Å². The Bertz CT molecular complexity index is 518. The summed E-state index contributed by atoms with van der Waals surface area (Å²) >= 11 is 6.81. The van der Waals surface area contributed by atoms with E-state index in [-0.39, 0.29) is 19.1 Å². The summed E-state index contributed by atoms with van der Waals surface area (Å²) in [5.41, 5.74) is 2.04. The van der Waals surface area contributed by atoms with Gasteiger partial charge in [-0.15, -0.1) is 11.8 Å². The molecule has 1 aromatic carbocycles. The molecule has 6 heteroatoms. The van der Waals surface area contributed by atoms with Crippen LogP contribution in [0.1, 0.15) is 0 Å². The minimum absolute atomic E-state index is 0.0769. The Balaban J connectivity index is 2.07. The highest BCUT2D eigenvalue weighted by atomic mass is 35.5. The molecule has 0 bridgehead atoms. The van der Waals surface area contributed by atoms with Crippen LogP contribution in [-0.2, 0) is 14.3 Å². The maximum absolute atomic E-state index is 11.9. The van der Waals surface area contributed by atoms with Crippen molar-refractivity contribution in [3.05, 3.63) is 35.9 Å². The number of ether oxygens (including phenoxy) is 1. The lowest BCUT2D eigenvalue weighted by Crippen LogP contribution is -2.39. The van der Waals surface area contributed by atoms with Crippen LogP contribution in [0.15, 0.2) is 40.8 Å². The summed E-state index contributed by atoms with van der Waals surface area (Å²) < 4.78 is 4.94. The van der Waals surface area contributed by atoms with Gasteiger partial charge in [0.25, 0.3) is 0 Å². The molecule has 0 atom stereocenters. The largest absolute Gasteiger partial charge is 0.460 e. The van der Waals surface area contributed by atoms with Crippen LogP contribution in [0.2, 0.25) is 0 Å². The Labute approximate surface area is 120 Å². The molecule has 0 unspecified atom stereocenters. The molecule has 1 amide bonds. The minimum atomic E-state index is -0.454. The third-order valence-corrected chi connectivity index (χ3v) is 3.75. The third-order valence-electron chi connectivity index (χ3n) is 2.53. The Hall–Kier alpha value is -1.46. The second-order valence-corrected chi connectivity index (χ2v) is 5.05. The number of hydrogen-bond acceptors (Lipinski definition) is 4. The van der Waals surface area contributed by atoms with E-state index in [1.54, 1.807) is 0 Å². The first-order chi connectivity index (χ1) is 9.22. The zero-order chi connectivity index (χ0) is 13.7. The highest BCUT2D eigenvalue weighted by molar-refractivity contribution is 8.00. The number of carbonyl (C=O) groups excluding carboxylic acids is 2. The van der Waals surface area contributed by atoms with Gasteiger partial charge in [0.2, 0.25) is 5.91 Å². The van der Waals surface area contributed by atoms with E-state index in [1.807, 2.05) is 24.3 Å². The summed E-state index contributed by atoms with van der Waals surface area (Å²) in [6, 6.07) is 7.50. The molecule has 4 nitrogen and oxygen atoms in total. The average Bonchev–Trinajstić information content (AvgIpc) is 2.42. The zero-order valence-electron chi connectivity index (χ0n) is 10.0. The van der Waals surface area contributed by atoms with Gasteiger partial charge in [-0.3, -0.25) is 14.5 Å². The Morgan fingerprint density at radius 1 is 1.47 bits per heavy atom. The number of rotatable bonds is 4. The summed E-state index contributed by atoms with van der Waals surface area (Å²) in [4.78, 5) is 26.0. The molecular formula is C13H12ClNO3S. The van der Waals surface area contributed by atoms with Gasteiger partial charge in [0, 0.05) is 10.4 Å². The van der Waals surface area contributed by atoms with Crippen molar-refractivity contribution in [2.45, 2.75) is 4.90 Å². The first kappa shape index (κ1) is 14.0. The van der Waals surface area contributed by atoms with Crippen LogP contribution in [0, 0.1) is 0 Å². The van der Waals surface area contributed by atoms with Gasteiger partial charge < -0.3 is 4.74 Å². The summed E-state index contributed by atoms with van der Waals surface area (Å²) in [5, 5.41) is 0. The molecule has 100 valence electrons. The van der Waals surface area contributed by atoms with Crippen molar-refractivity contribution in [3.63, 3.8) is 0 Å². The number of hydrogen-bond donors (Lipinski definition) is 0. The van der Waals surface area contributed by atoms with Gasteiger partial charge in [-0.2, -0.15) is 0 Å². The molecule has 0 aromatic heterocycles. The van der Waals surface area contributed by atoms with Crippen LogP contribution in [0.25, 0.3) is 0 Å². The summed E-state index contributed by atoms with van der Waals surface area (Å²) in [5.74, 6) is -0.204. The second kappa shape index (κ2) is 6.63. The van der Waals surface area contributed by atoms with E-state index in [9.17, 15) is 9.59 Å². The van der Waals surface area contributed by atoms with Crippen LogP contribution in [-0.4, -0.2) is 30.8 Å². The van der Waals surface area contributed by atoms with Gasteiger partial charge >= 0.3 is 5.97 Å². The van der Waals surface area contributed by atoms with Crippen molar-refractivity contribution >= 4 is 40.9 Å². The first-order valence-corrected chi connectivity index (χ1v) is 7.07. The molecule has 1 aromatic rings. The van der Waals surface area contributed by atoms with Gasteiger partial charge in [0.05, 0.1) is 11.4 Å². The predicted molar refractivity (Wildman–Crippen MR) is 75.5 cm³/mol. The third kappa shape index (κ3) is 3.52. The predicted octanol–water partition coefficient (Wildman–Crippen LogP) is 2.42. The van der Waals surface area contributed by atoms with E-state index in [0.717, 1.165) is 10.6 Å². The molecule has 0 aliphatic carbocycles. The number of carbonyl (C=O) groups is 2. The minimum Gasteiger partial charge on any atom is -0.460 e. The Morgan fingerprint density at radius 2 is 2.26 bits per heavy atom. The van der Waals surface area contributed by atoms with E-state index >= 15 is 0 Å². The Kier molecular flexibility index (Phi) is 4.87. The highest BCUT2D eigenvalue weighted by Crippen LogP contribution is 2.34. The van der Waals surface area contributed by atoms with E-state index < -0.39 is 5.97 Å². The van der Waals surface area contributed by atoms with Crippen molar-refractivity contribution in [1.82, 2.24) is 0 Å². The fraction of sp³-hybridized carbons (Fsp3) is 0.231. The molecule has 1 aliphatic rings. The van der Waals surface area contributed by atoms with Crippen molar-refractivity contribution < 1.29 is 14.3 Å². The second-order valence-electron chi connectivity index (χ2n) is 3.78. The molecule has 0 saturated carbocycles. The van der Waals surface area contributed by atoms with Gasteiger partial charge in [-0.1, -0.05) is 23.7 Å². The normalized spacial score (nSPS) is 14.6. The summed E-state index contributed by atoms with van der Waals surface area (Å²) in [7, 11) is 0. The molecule has 0 spiro atoms. The van der Waals surface area contributed by atoms with E-state index in [0.29, 0.717) is 5.75 Å². The fourth-order valence-corrected chi connectivity index (χ4v) is 2.69. The van der Waals surface area contributed by atoms with Gasteiger partial charge in [0.1, 0.15) is 13.2 Å². The van der Waals surface area contributed by atoms with Crippen LogP contribution >= 0.6 is 23.4 Å². The zero-order valence-corrected chi connectivity index (χ0v) is 11.6. The number of benzene rings is 1. The number of fused-ring (bicyclic) bond motifs is 1. The Morgan fingerprint density at radius 3 is 3.05 bits per heavy atom. The number of esters is 1. The smallest absolute Gasteiger partial charge is 0.326 e. The number of nitrogens with zero attached hydrogens (tertiary/aromatic N) is 1. The van der Waals surface area contributed by atoms with Gasteiger partial charge in [-0.25, -0.2) is 0 Å². The fourth-order valence-electron chi connectivity index (χ4n) is 1.68. The topological polar surface area (TPSA) is 46.6 Å². The quantitative estimate of drug-likeness (QED) is 0.801. The molecule has 1 aliphatic heterocycles. The van der Waals surface area contributed by atoms with Crippen molar-refractivity contribution in [2.24, 2.45) is 0 Å². The lowest BCUT2D eigenvalue weighted by Gasteiger charge is -2.27. The van der Waals surface area contributed by atoms with E-state index in [2.05, 4.69) is 0 Å². The lowest BCUT2D eigenvalue weighted by atomic mass is 10.2. The van der Waals surface area contributed by atoms with Gasteiger partial charge in [0.15, 0.2) is 0 Å². The highest BCUT2D eigenvalue weighted by Gasteiger charge is 2.26. The van der Waals surface area contributed by atoms with Crippen molar-refractivity contribution in [2.75, 3.05) is 23.8 Å². The van der Waals surface area contributed by atoms with Crippen LogP contribution in [0.4, 0.5) is 5.69 Å². The van der Waals surface area contributed by atoms with E-state index in [1.165, 1.54) is 28.3 Å². The van der Waals surface area contributed by atoms with Crippen LogP contribution in [0.3, 0.4) is 0 Å². The number of amides is 1. The first-order valence-electron chi connectivity index (χ1n) is 5.65. The molecular weight excluding hydrogens is 286 g/mol. The molecule has 0 saturated heterocycles. The van der Waals surface area contributed by atoms with Crippen molar-refractivity contribution in [3.8, 4) is 0 Å².